The van der Waals surface area contributed by atoms with Crippen LogP contribution in [0.4, 0.5) is 5.69 Å². The summed E-state index contributed by atoms with van der Waals surface area (Å²) in [6.45, 7) is 0. The Labute approximate surface area is 163 Å². The maximum absolute atomic E-state index is 12.3. The molecule has 0 unspecified atom stereocenters. The number of anilines is 1. The summed E-state index contributed by atoms with van der Waals surface area (Å²) in [6.07, 6.45) is 1.76. The summed E-state index contributed by atoms with van der Waals surface area (Å²) in [7, 11) is 0. The molecule has 0 radical (unpaired) electrons. The molecule has 0 saturated carbocycles. The van der Waals surface area contributed by atoms with Crippen LogP contribution in [0, 0.1) is 0 Å². The number of aromatic nitrogens is 2. The Bertz CT molecular complexity index is 1080. The second-order valence-electron chi connectivity index (χ2n) is 5.51. The highest BCUT2D eigenvalue weighted by molar-refractivity contribution is 7.21. The van der Waals surface area contributed by atoms with Crippen LogP contribution in [0.5, 0.6) is 0 Å². The van der Waals surface area contributed by atoms with Crippen molar-refractivity contribution in [3.63, 3.8) is 0 Å². The number of fused-ring (bicyclic) bond motifs is 1. The van der Waals surface area contributed by atoms with Crippen LogP contribution in [0.1, 0.15) is 10.4 Å². The van der Waals surface area contributed by atoms with Crippen molar-refractivity contribution in [3.8, 4) is 10.6 Å². The molecule has 2 heterocycles. The Kier molecular flexibility index (Phi) is 4.59. The van der Waals surface area contributed by atoms with Crippen LogP contribution >= 0.6 is 34.5 Å². The van der Waals surface area contributed by atoms with E-state index in [4.69, 9.17) is 23.2 Å². The van der Waals surface area contributed by atoms with Crippen molar-refractivity contribution in [1.82, 2.24) is 9.97 Å². The number of pyridine rings is 1. The molecule has 0 aliphatic carbocycles. The van der Waals surface area contributed by atoms with Crippen LogP contribution < -0.4 is 5.32 Å². The third kappa shape index (κ3) is 3.42. The van der Waals surface area contributed by atoms with Gasteiger partial charge in [-0.25, -0.2) is 9.97 Å². The molecule has 0 bridgehead atoms. The second-order valence-corrected chi connectivity index (χ2v) is 7.30. The molecular formula is C19H11Cl2N3OS. The summed E-state index contributed by atoms with van der Waals surface area (Å²) in [5.74, 6) is -0.250. The lowest BCUT2D eigenvalue weighted by Gasteiger charge is -2.07. The zero-order valence-electron chi connectivity index (χ0n) is 13.2. The van der Waals surface area contributed by atoms with Crippen molar-refractivity contribution in [2.75, 3.05) is 5.32 Å². The molecule has 4 nitrogen and oxygen atoms in total. The van der Waals surface area contributed by atoms with Gasteiger partial charge >= 0.3 is 0 Å². The average molecular weight is 400 g/mol. The highest BCUT2D eigenvalue weighted by Crippen LogP contribution is 2.29. The van der Waals surface area contributed by atoms with Gasteiger partial charge in [-0.1, -0.05) is 34.5 Å². The largest absolute Gasteiger partial charge is 0.322 e. The Morgan fingerprint density at radius 1 is 1.00 bits per heavy atom. The smallest absolute Gasteiger partial charge is 0.255 e. The molecule has 0 spiro atoms. The molecule has 2 aromatic carbocycles. The zero-order valence-corrected chi connectivity index (χ0v) is 15.6. The molecule has 0 aliphatic heterocycles. The molecule has 26 heavy (non-hydrogen) atoms. The molecular weight excluding hydrogens is 389 g/mol. The quantitative estimate of drug-likeness (QED) is 0.465. The second kappa shape index (κ2) is 7.03. The van der Waals surface area contributed by atoms with Gasteiger partial charge in [-0.15, -0.1) is 0 Å². The maximum Gasteiger partial charge on any atom is 0.255 e. The fraction of sp³-hybridized carbons (Fsp3) is 0. The number of hydrogen-bond acceptors (Lipinski definition) is 4. The molecule has 1 amide bonds. The Hall–Kier alpha value is -2.47. The number of carbonyl (C=O) groups is 1. The summed E-state index contributed by atoms with van der Waals surface area (Å²) in [6, 6.07) is 16.1. The van der Waals surface area contributed by atoms with Crippen LogP contribution in [0.2, 0.25) is 10.0 Å². The minimum absolute atomic E-state index is 0.250. The standard InChI is InChI=1S/C19H11Cl2N3OS/c20-14-8-5-12(10-15(14)21)17(25)23-13-6-3-11(4-7-13)18-24-16-2-1-9-22-19(16)26-18/h1-10H,(H,23,25). The van der Waals surface area contributed by atoms with Gasteiger partial charge in [0.05, 0.1) is 10.0 Å². The van der Waals surface area contributed by atoms with Crippen molar-refractivity contribution in [3.05, 3.63) is 76.4 Å². The number of thiazole rings is 1. The fourth-order valence-electron chi connectivity index (χ4n) is 2.43. The summed E-state index contributed by atoms with van der Waals surface area (Å²) >= 11 is 13.4. The van der Waals surface area contributed by atoms with Crippen LogP contribution in [0.3, 0.4) is 0 Å². The molecule has 128 valence electrons. The summed E-state index contributed by atoms with van der Waals surface area (Å²) in [5, 5.41) is 4.49. The van der Waals surface area contributed by atoms with Crippen LogP contribution in [0.15, 0.2) is 60.8 Å². The number of benzene rings is 2. The van der Waals surface area contributed by atoms with Crippen molar-refractivity contribution in [2.24, 2.45) is 0 Å². The number of nitrogens with one attached hydrogen (secondary N) is 1. The van der Waals surface area contributed by atoms with Gasteiger partial charge in [-0.2, -0.15) is 0 Å². The van der Waals surface area contributed by atoms with Gasteiger partial charge < -0.3 is 5.32 Å². The summed E-state index contributed by atoms with van der Waals surface area (Å²) in [4.78, 5) is 22.1. The highest BCUT2D eigenvalue weighted by atomic mass is 35.5. The molecule has 0 atom stereocenters. The third-order valence-corrected chi connectivity index (χ3v) is 5.51. The minimum Gasteiger partial charge on any atom is -0.322 e. The van der Waals surface area contributed by atoms with E-state index < -0.39 is 0 Å². The van der Waals surface area contributed by atoms with Gasteiger partial charge in [0.2, 0.25) is 0 Å². The van der Waals surface area contributed by atoms with E-state index in [9.17, 15) is 4.79 Å². The third-order valence-electron chi connectivity index (χ3n) is 3.74. The predicted octanol–water partition coefficient (Wildman–Crippen LogP) is 5.92. The lowest BCUT2D eigenvalue weighted by Crippen LogP contribution is -2.11. The molecule has 4 rings (SSSR count). The van der Waals surface area contributed by atoms with Gasteiger partial charge in [0, 0.05) is 23.0 Å². The normalized spacial score (nSPS) is 10.8. The van der Waals surface area contributed by atoms with Crippen LogP contribution in [-0.2, 0) is 0 Å². The van der Waals surface area contributed by atoms with Crippen molar-refractivity contribution < 1.29 is 4.79 Å². The first-order valence-electron chi connectivity index (χ1n) is 7.68. The van der Waals surface area contributed by atoms with E-state index in [1.807, 2.05) is 36.4 Å². The first-order chi connectivity index (χ1) is 12.6. The van der Waals surface area contributed by atoms with Crippen molar-refractivity contribution in [1.29, 1.82) is 0 Å². The number of hydrogen-bond donors (Lipinski definition) is 1. The van der Waals surface area contributed by atoms with Gasteiger partial charge in [-0.3, -0.25) is 4.79 Å². The Balaban J connectivity index is 1.53. The monoisotopic (exact) mass is 399 g/mol. The van der Waals surface area contributed by atoms with E-state index in [0.29, 0.717) is 21.3 Å². The summed E-state index contributed by atoms with van der Waals surface area (Å²) < 4.78 is 0. The van der Waals surface area contributed by atoms with Gasteiger partial charge in [0.15, 0.2) is 0 Å². The van der Waals surface area contributed by atoms with Gasteiger partial charge in [0.25, 0.3) is 5.91 Å². The molecule has 2 aromatic heterocycles. The summed E-state index contributed by atoms with van der Waals surface area (Å²) in [5.41, 5.74) is 2.98. The molecule has 0 saturated heterocycles. The average Bonchev–Trinajstić information content (AvgIpc) is 3.08. The molecule has 7 heteroatoms. The fourth-order valence-corrected chi connectivity index (χ4v) is 3.64. The Morgan fingerprint density at radius 2 is 1.81 bits per heavy atom. The number of rotatable bonds is 3. The number of halogens is 2. The number of carbonyl (C=O) groups excluding carboxylic acids is 1. The first kappa shape index (κ1) is 17.0. The molecule has 0 fully saturated rings. The van der Waals surface area contributed by atoms with E-state index in [-0.39, 0.29) is 5.91 Å². The van der Waals surface area contributed by atoms with E-state index in [1.165, 1.54) is 11.3 Å². The van der Waals surface area contributed by atoms with E-state index >= 15 is 0 Å². The predicted molar refractivity (Wildman–Crippen MR) is 107 cm³/mol. The van der Waals surface area contributed by atoms with Crippen LogP contribution in [0.25, 0.3) is 20.9 Å². The van der Waals surface area contributed by atoms with Gasteiger partial charge in [-0.05, 0) is 54.6 Å². The maximum atomic E-state index is 12.3. The number of nitrogens with zero attached hydrogens (tertiary/aromatic N) is 2. The van der Waals surface area contributed by atoms with E-state index in [0.717, 1.165) is 20.9 Å². The minimum atomic E-state index is -0.250. The first-order valence-corrected chi connectivity index (χ1v) is 9.26. The van der Waals surface area contributed by atoms with Gasteiger partial charge in [0.1, 0.15) is 15.4 Å². The highest BCUT2D eigenvalue weighted by Gasteiger charge is 2.10. The SMILES string of the molecule is O=C(Nc1ccc(-c2nc3cccnc3s2)cc1)c1ccc(Cl)c(Cl)c1. The van der Waals surface area contributed by atoms with Crippen LogP contribution in [-0.4, -0.2) is 15.9 Å². The van der Waals surface area contributed by atoms with Crippen molar-refractivity contribution >= 4 is 56.5 Å². The number of amides is 1. The zero-order chi connectivity index (χ0) is 18.1. The molecule has 1 N–H and O–H groups in total. The lowest BCUT2D eigenvalue weighted by atomic mass is 10.2. The van der Waals surface area contributed by atoms with E-state index in [2.05, 4.69) is 15.3 Å². The Morgan fingerprint density at radius 3 is 2.54 bits per heavy atom. The van der Waals surface area contributed by atoms with E-state index in [1.54, 1.807) is 24.4 Å². The van der Waals surface area contributed by atoms with Crippen molar-refractivity contribution in [2.45, 2.75) is 0 Å². The molecule has 0 aliphatic rings. The topological polar surface area (TPSA) is 54.9 Å². The lowest BCUT2D eigenvalue weighted by molar-refractivity contribution is 0.102. The molecule has 4 aromatic rings.